The zero-order valence-electron chi connectivity index (χ0n) is 16.8. The standard InChI is InChI=1S/C21H26N4O4/c1-14-4-3-7-25(11-14)21-23-15(2)8-20(24-21)27-12-19(26)22-10-16-5-6-17-18(9-16)29-13-28-17/h5-6,8-9,14H,3-4,7,10-13H2,1-2H3,(H,22,26)/t14-/m1/s1. The van der Waals surface area contributed by atoms with Gasteiger partial charge in [-0.25, -0.2) is 4.98 Å². The molecule has 4 rings (SSSR count). The maximum atomic E-state index is 12.2. The van der Waals surface area contributed by atoms with Gasteiger partial charge in [0.15, 0.2) is 18.1 Å². The summed E-state index contributed by atoms with van der Waals surface area (Å²) in [6.45, 7) is 6.56. The van der Waals surface area contributed by atoms with Gasteiger partial charge < -0.3 is 24.4 Å². The molecule has 0 saturated carbocycles. The van der Waals surface area contributed by atoms with E-state index in [0.29, 0.717) is 30.0 Å². The van der Waals surface area contributed by atoms with Crippen molar-refractivity contribution in [1.29, 1.82) is 0 Å². The number of nitrogens with zero attached hydrogens (tertiary/aromatic N) is 3. The van der Waals surface area contributed by atoms with Gasteiger partial charge in [-0.2, -0.15) is 4.98 Å². The summed E-state index contributed by atoms with van der Waals surface area (Å²) in [5, 5.41) is 2.84. The molecule has 0 spiro atoms. The molecule has 8 heteroatoms. The second kappa shape index (κ2) is 8.55. The van der Waals surface area contributed by atoms with Crippen LogP contribution >= 0.6 is 0 Å². The van der Waals surface area contributed by atoms with Crippen LogP contribution in [-0.2, 0) is 11.3 Å². The molecule has 154 valence electrons. The summed E-state index contributed by atoms with van der Waals surface area (Å²) in [5.74, 6) is 2.92. The molecular formula is C21H26N4O4. The van der Waals surface area contributed by atoms with Crippen LogP contribution in [0.15, 0.2) is 24.3 Å². The Labute approximate surface area is 170 Å². The number of benzene rings is 1. The number of aromatic nitrogens is 2. The van der Waals surface area contributed by atoms with Gasteiger partial charge in [-0.05, 0) is 43.4 Å². The first-order valence-corrected chi connectivity index (χ1v) is 9.95. The Bertz CT molecular complexity index is 889. The number of anilines is 1. The number of rotatable bonds is 6. The van der Waals surface area contributed by atoms with E-state index in [1.807, 2.05) is 25.1 Å². The number of piperidine rings is 1. The molecule has 1 aromatic carbocycles. The Hall–Kier alpha value is -3.03. The van der Waals surface area contributed by atoms with Gasteiger partial charge in [0.25, 0.3) is 5.91 Å². The van der Waals surface area contributed by atoms with E-state index in [4.69, 9.17) is 14.2 Å². The number of carbonyl (C=O) groups is 1. The molecule has 29 heavy (non-hydrogen) atoms. The highest BCUT2D eigenvalue weighted by Crippen LogP contribution is 2.32. The number of hydrogen-bond donors (Lipinski definition) is 1. The molecule has 8 nitrogen and oxygen atoms in total. The van der Waals surface area contributed by atoms with Crippen LogP contribution in [0, 0.1) is 12.8 Å². The van der Waals surface area contributed by atoms with E-state index >= 15 is 0 Å². The quantitative estimate of drug-likeness (QED) is 0.800. The van der Waals surface area contributed by atoms with E-state index in [1.54, 1.807) is 6.07 Å². The van der Waals surface area contributed by atoms with Crippen molar-refractivity contribution < 1.29 is 19.0 Å². The van der Waals surface area contributed by atoms with Crippen LogP contribution in [-0.4, -0.2) is 42.4 Å². The van der Waals surface area contributed by atoms with Crippen molar-refractivity contribution in [2.24, 2.45) is 5.92 Å². The summed E-state index contributed by atoms with van der Waals surface area (Å²) in [7, 11) is 0. The lowest BCUT2D eigenvalue weighted by Gasteiger charge is -2.31. The number of aryl methyl sites for hydroxylation is 1. The zero-order valence-corrected chi connectivity index (χ0v) is 16.8. The average Bonchev–Trinajstić information content (AvgIpc) is 3.18. The highest BCUT2D eigenvalue weighted by molar-refractivity contribution is 5.77. The lowest BCUT2D eigenvalue weighted by atomic mass is 10.0. The second-order valence-corrected chi connectivity index (χ2v) is 7.59. The van der Waals surface area contributed by atoms with Gasteiger partial charge in [-0.1, -0.05) is 13.0 Å². The molecule has 0 bridgehead atoms. The Morgan fingerprint density at radius 1 is 1.28 bits per heavy atom. The number of fused-ring (bicyclic) bond motifs is 1. The Balaban J connectivity index is 1.30. The number of ether oxygens (including phenoxy) is 3. The van der Waals surface area contributed by atoms with E-state index in [0.717, 1.165) is 36.5 Å². The van der Waals surface area contributed by atoms with Gasteiger partial charge in [-0.15, -0.1) is 0 Å². The van der Waals surface area contributed by atoms with E-state index in [-0.39, 0.29) is 19.3 Å². The zero-order chi connectivity index (χ0) is 20.2. The fourth-order valence-corrected chi connectivity index (χ4v) is 3.55. The van der Waals surface area contributed by atoms with Gasteiger partial charge >= 0.3 is 0 Å². The van der Waals surface area contributed by atoms with E-state index in [2.05, 4.69) is 27.1 Å². The molecule has 2 aromatic rings. The van der Waals surface area contributed by atoms with Crippen LogP contribution in [0.3, 0.4) is 0 Å². The summed E-state index contributed by atoms with van der Waals surface area (Å²) in [6, 6.07) is 7.35. The molecule has 1 saturated heterocycles. The first-order chi connectivity index (χ1) is 14.1. The number of nitrogens with one attached hydrogen (secondary N) is 1. The van der Waals surface area contributed by atoms with E-state index in [1.165, 1.54) is 6.42 Å². The minimum atomic E-state index is -0.216. The normalized spacial score (nSPS) is 17.9. The highest BCUT2D eigenvalue weighted by atomic mass is 16.7. The second-order valence-electron chi connectivity index (χ2n) is 7.59. The topological polar surface area (TPSA) is 85.8 Å². The molecule has 1 aromatic heterocycles. The van der Waals surface area contributed by atoms with Crippen molar-refractivity contribution in [3.8, 4) is 17.4 Å². The molecule has 1 amide bonds. The summed E-state index contributed by atoms with van der Waals surface area (Å²) < 4.78 is 16.3. The Morgan fingerprint density at radius 3 is 3.00 bits per heavy atom. The van der Waals surface area contributed by atoms with Crippen molar-refractivity contribution in [2.75, 3.05) is 31.4 Å². The monoisotopic (exact) mass is 398 g/mol. The molecule has 1 atom stereocenters. The van der Waals surface area contributed by atoms with E-state index < -0.39 is 0 Å². The molecule has 0 radical (unpaired) electrons. The third-order valence-electron chi connectivity index (χ3n) is 5.04. The van der Waals surface area contributed by atoms with Crippen molar-refractivity contribution in [1.82, 2.24) is 15.3 Å². The lowest BCUT2D eigenvalue weighted by molar-refractivity contribution is -0.123. The molecule has 1 fully saturated rings. The summed E-state index contributed by atoms with van der Waals surface area (Å²) in [6.07, 6.45) is 2.37. The highest BCUT2D eigenvalue weighted by Gasteiger charge is 2.20. The third kappa shape index (κ3) is 4.88. The third-order valence-corrected chi connectivity index (χ3v) is 5.04. The van der Waals surface area contributed by atoms with Crippen molar-refractivity contribution in [3.05, 3.63) is 35.5 Å². The number of carbonyl (C=O) groups excluding carboxylic acids is 1. The Kier molecular flexibility index (Phi) is 5.69. The first kappa shape index (κ1) is 19.3. The van der Waals surface area contributed by atoms with Crippen molar-refractivity contribution in [3.63, 3.8) is 0 Å². The molecule has 1 N–H and O–H groups in total. The molecule has 2 aliphatic heterocycles. The molecule has 3 heterocycles. The molecule has 2 aliphatic rings. The van der Waals surface area contributed by atoms with Crippen molar-refractivity contribution in [2.45, 2.75) is 33.2 Å². The van der Waals surface area contributed by atoms with Crippen LogP contribution in [0.1, 0.15) is 31.0 Å². The molecular weight excluding hydrogens is 372 g/mol. The fourth-order valence-electron chi connectivity index (χ4n) is 3.55. The maximum absolute atomic E-state index is 12.2. The summed E-state index contributed by atoms with van der Waals surface area (Å²) in [5.41, 5.74) is 1.76. The van der Waals surface area contributed by atoms with Crippen LogP contribution in [0.4, 0.5) is 5.95 Å². The lowest BCUT2D eigenvalue weighted by Crippen LogP contribution is -2.35. The van der Waals surface area contributed by atoms with Gasteiger partial charge in [0.05, 0.1) is 0 Å². The fraction of sp³-hybridized carbons (Fsp3) is 0.476. The first-order valence-electron chi connectivity index (χ1n) is 9.95. The van der Waals surface area contributed by atoms with Gasteiger partial charge in [0.2, 0.25) is 18.6 Å². The van der Waals surface area contributed by atoms with Crippen molar-refractivity contribution >= 4 is 11.9 Å². The van der Waals surface area contributed by atoms with Gasteiger partial charge in [0, 0.05) is 31.4 Å². The van der Waals surface area contributed by atoms with E-state index in [9.17, 15) is 4.79 Å². The summed E-state index contributed by atoms with van der Waals surface area (Å²) >= 11 is 0. The maximum Gasteiger partial charge on any atom is 0.258 e. The predicted octanol–water partition coefficient (Wildman–Crippen LogP) is 2.45. The van der Waals surface area contributed by atoms with Crippen LogP contribution in [0.2, 0.25) is 0 Å². The summed E-state index contributed by atoms with van der Waals surface area (Å²) in [4.78, 5) is 23.4. The number of hydrogen-bond acceptors (Lipinski definition) is 7. The minimum absolute atomic E-state index is 0.100. The van der Waals surface area contributed by atoms with Gasteiger partial charge in [0.1, 0.15) is 0 Å². The largest absolute Gasteiger partial charge is 0.467 e. The SMILES string of the molecule is Cc1cc(OCC(=O)NCc2ccc3c(c2)OCO3)nc(N2CCC[C@@H](C)C2)n1. The smallest absolute Gasteiger partial charge is 0.258 e. The molecule has 0 unspecified atom stereocenters. The van der Waals surface area contributed by atoms with Crippen LogP contribution in [0.5, 0.6) is 17.4 Å². The number of amides is 1. The minimum Gasteiger partial charge on any atom is -0.467 e. The van der Waals surface area contributed by atoms with Crippen LogP contribution in [0.25, 0.3) is 0 Å². The predicted molar refractivity (Wildman–Crippen MR) is 107 cm³/mol. The average molecular weight is 398 g/mol. The van der Waals surface area contributed by atoms with Gasteiger partial charge in [-0.3, -0.25) is 4.79 Å². The van der Waals surface area contributed by atoms with Crippen LogP contribution < -0.4 is 24.4 Å². The molecule has 0 aliphatic carbocycles. The Morgan fingerprint density at radius 2 is 2.14 bits per heavy atom.